The van der Waals surface area contributed by atoms with Crippen molar-refractivity contribution < 1.29 is 14.6 Å². The molecular weight excluding hydrogens is 228 g/mol. The molecular formula is C12H11ClO3. The maximum atomic E-state index is 11.7. The van der Waals surface area contributed by atoms with Gasteiger partial charge in [0.05, 0.1) is 7.11 Å². The smallest absolute Gasteiger partial charge is 0.210 e. The summed E-state index contributed by atoms with van der Waals surface area (Å²) in [4.78, 5) is 11.7. The average Bonchev–Trinajstić information content (AvgIpc) is 2.29. The van der Waals surface area contributed by atoms with Crippen molar-refractivity contribution in [2.24, 2.45) is 0 Å². The van der Waals surface area contributed by atoms with Crippen LogP contribution in [0.1, 0.15) is 12.5 Å². The van der Waals surface area contributed by atoms with E-state index in [2.05, 4.69) is 0 Å². The summed E-state index contributed by atoms with van der Waals surface area (Å²) >= 11 is 5.75. The van der Waals surface area contributed by atoms with Gasteiger partial charge in [-0.3, -0.25) is 4.79 Å². The number of benzene rings is 1. The van der Waals surface area contributed by atoms with Crippen molar-refractivity contribution in [1.29, 1.82) is 0 Å². The van der Waals surface area contributed by atoms with Crippen molar-refractivity contribution in [2.75, 3.05) is 7.11 Å². The zero-order valence-electron chi connectivity index (χ0n) is 8.95. The van der Waals surface area contributed by atoms with E-state index in [1.165, 1.54) is 7.11 Å². The Labute approximate surface area is 98.3 Å². The number of rotatable bonds is 2. The summed E-state index contributed by atoms with van der Waals surface area (Å²) in [5, 5.41) is 10.8. The Bertz CT molecular complexity index is 476. The highest BCUT2D eigenvalue weighted by molar-refractivity contribution is 6.30. The molecule has 16 heavy (non-hydrogen) atoms. The molecule has 0 heterocycles. The standard InChI is InChI=1S/C12H11ClO3/c1-7-10(14)12(15,11(7)16-2)8-3-5-9(13)6-4-8/h3-6,15H,1-2H3. The summed E-state index contributed by atoms with van der Waals surface area (Å²) < 4.78 is 5.04. The Hall–Kier alpha value is -1.32. The monoisotopic (exact) mass is 238 g/mol. The fourth-order valence-electron chi connectivity index (χ4n) is 1.94. The lowest BCUT2D eigenvalue weighted by atomic mass is 9.74. The van der Waals surface area contributed by atoms with E-state index in [-0.39, 0.29) is 5.78 Å². The van der Waals surface area contributed by atoms with E-state index >= 15 is 0 Å². The Balaban J connectivity index is 2.49. The maximum Gasteiger partial charge on any atom is 0.210 e. The first-order valence-electron chi connectivity index (χ1n) is 4.80. The van der Waals surface area contributed by atoms with Crippen molar-refractivity contribution in [3.8, 4) is 0 Å². The Morgan fingerprint density at radius 2 is 1.88 bits per heavy atom. The van der Waals surface area contributed by atoms with Gasteiger partial charge in [0.15, 0.2) is 0 Å². The summed E-state index contributed by atoms with van der Waals surface area (Å²) in [6.45, 7) is 1.63. The van der Waals surface area contributed by atoms with E-state index in [1.54, 1.807) is 31.2 Å². The molecule has 1 N–H and O–H groups in total. The SMILES string of the molecule is COC1=C(C)C(=O)C1(O)c1ccc(Cl)cc1. The van der Waals surface area contributed by atoms with Crippen LogP contribution in [0.2, 0.25) is 5.02 Å². The van der Waals surface area contributed by atoms with Crippen LogP contribution in [0.5, 0.6) is 0 Å². The molecule has 1 aliphatic carbocycles. The number of hydrogen-bond donors (Lipinski definition) is 1. The van der Waals surface area contributed by atoms with Gasteiger partial charge < -0.3 is 9.84 Å². The molecule has 1 aromatic carbocycles. The van der Waals surface area contributed by atoms with Gasteiger partial charge in [0.1, 0.15) is 5.76 Å². The van der Waals surface area contributed by atoms with Crippen LogP contribution >= 0.6 is 11.6 Å². The number of halogens is 1. The van der Waals surface area contributed by atoms with Gasteiger partial charge in [-0.05, 0) is 24.6 Å². The van der Waals surface area contributed by atoms with Gasteiger partial charge in [0.25, 0.3) is 0 Å². The number of ketones is 1. The van der Waals surface area contributed by atoms with E-state index in [0.29, 0.717) is 21.9 Å². The van der Waals surface area contributed by atoms with Gasteiger partial charge in [-0.25, -0.2) is 0 Å². The molecule has 0 spiro atoms. The van der Waals surface area contributed by atoms with Gasteiger partial charge in [-0.2, -0.15) is 0 Å². The number of carbonyl (C=O) groups excluding carboxylic acids is 1. The molecule has 3 nitrogen and oxygen atoms in total. The fourth-order valence-corrected chi connectivity index (χ4v) is 2.07. The summed E-state index contributed by atoms with van der Waals surface area (Å²) in [6.07, 6.45) is 0. The first kappa shape index (κ1) is 11.2. The van der Waals surface area contributed by atoms with Crippen molar-refractivity contribution >= 4 is 17.4 Å². The van der Waals surface area contributed by atoms with Gasteiger partial charge in [-0.1, -0.05) is 23.7 Å². The molecule has 0 fully saturated rings. The number of hydrogen-bond acceptors (Lipinski definition) is 3. The lowest BCUT2D eigenvalue weighted by Crippen LogP contribution is -2.48. The zero-order chi connectivity index (χ0) is 11.9. The number of methoxy groups -OCH3 is 1. The zero-order valence-corrected chi connectivity index (χ0v) is 9.71. The maximum absolute atomic E-state index is 11.7. The predicted octanol–water partition coefficient (Wildman–Crippen LogP) is 2.03. The molecule has 0 aliphatic heterocycles. The molecule has 1 aromatic rings. The number of aliphatic hydroxyl groups is 1. The summed E-state index contributed by atoms with van der Waals surface area (Å²) in [6, 6.07) is 6.49. The minimum absolute atomic E-state index is 0.305. The van der Waals surface area contributed by atoms with Crippen LogP contribution in [0, 0.1) is 0 Å². The van der Waals surface area contributed by atoms with Crippen LogP contribution in [0.3, 0.4) is 0 Å². The van der Waals surface area contributed by atoms with Crippen molar-refractivity contribution in [3.63, 3.8) is 0 Å². The highest BCUT2D eigenvalue weighted by Gasteiger charge is 2.53. The van der Waals surface area contributed by atoms with E-state index in [4.69, 9.17) is 16.3 Å². The molecule has 84 valence electrons. The van der Waals surface area contributed by atoms with Crippen molar-refractivity contribution in [3.05, 3.63) is 46.2 Å². The normalized spacial score (nSPS) is 24.4. The van der Waals surface area contributed by atoms with Crippen LogP contribution in [-0.2, 0) is 15.1 Å². The van der Waals surface area contributed by atoms with Crippen molar-refractivity contribution in [2.45, 2.75) is 12.5 Å². The lowest BCUT2D eigenvalue weighted by molar-refractivity contribution is -0.140. The largest absolute Gasteiger partial charge is 0.497 e. The predicted molar refractivity (Wildman–Crippen MR) is 60.1 cm³/mol. The minimum atomic E-state index is -1.64. The number of ether oxygens (including phenoxy) is 1. The van der Waals surface area contributed by atoms with E-state index in [1.807, 2.05) is 0 Å². The summed E-state index contributed by atoms with van der Waals surface area (Å²) in [5.74, 6) is -0.0218. The van der Waals surface area contributed by atoms with Gasteiger partial charge in [0, 0.05) is 10.6 Å². The topological polar surface area (TPSA) is 46.5 Å². The molecule has 0 aromatic heterocycles. The Morgan fingerprint density at radius 3 is 2.38 bits per heavy atom. The first-order chi connectivity index (χ1) is 7.51. The molecule has 4 heteroatoms. The van der Waals surface area contributed by atoms with Crippen molar-refractivity contribution in [1.82, 2.24) is 0 Å². The van der Waals surface area contributed by atoms with Crippen LogP contribution in [0.4, 0.5) is 0 Å². The summed E-state index contributed by atoms with van der Waals surface area (Å²) in [7, 11) is 1.44. The van der Waals surface area contributed by atoms with Gasteiger partial charge in [-0.15, -0.1) is 0 Å². The molecule has 0 saturated heterocycles. The minimum Gasteiger partial charge on any atom is -0.497 e. The van der Waals surface area contributed by atoms with Crippen LogP contribution < -0.4 is 0 Å². The Kier molecular flexibility index (Phi) is 2.52. The first-order valence-corrected chi connectivity index (χ1v) is 5.18. The molecule has 1 unspecified atom stereocenters. The number of Topliss-reactive ketones (excluding diaryl/α,β-unsaturated/α-hetero) is 1. The molecule has 2 rings (SSSR count). The second kappa shape index (κ2) is 3.61. The molecule has 1 aliphatic rings. The summed E-state index contributed by atoms with van der Waals surface area (Å²) in [5.41, 5.74) is -0.701. The van der Waals surface area contributed by atoms with Crippen LogP contribution in [0.15, 0.2) is 35.6 Å². The number of carbonyl (C=O) groups is 1. The molecule has 0 amide bonds. The second-order valence-corrected chi connectivity index (χ2v) is 4.14. The van der Waals surface area contributed by atoms with Gasteiger partial charge >= 0.3 is 0 Å². The molecule has 0 radical (unpaired) electrons. The average molecular weight is 239 g/mol. The second-order valence-electron chi connectivity index (χ2n) is 3.70. The van der Waals surface area contributed by atoms with E-state index in [9.17, 15) is 9.90 Å². The fraction of sp³-hybridized carbons (Fsp3) is 0.250. The van der Waals surface area contributed by atoms with E-state index in [0.717, 1.165) is 0 Å². The molecule has 1 atom stereocenters. The highest BCUT2D eigenvalue weighted by Crippen LogP contribution is 2.43. The van der Waals surface area contributed by atoms with E-state index < -0.39 is 5.60 Å². The van der Waals surface area contributed by atoms with Crippen LogP contribution in [-0.4, -0.2) is 18.0 Å². The molecule has 0 bridgehead atoms. The third-order valence-corrected chi connectivity index (χ3v) is 3.06. The Morgan fingerprint density at radius 1 is 1.31 bits per heavy atom. The third-order valence-electron chi connectivity index (χ3n) is 2.80. The van der Waals surface area contributed by atoms with Crippen LogP contribution in [0.25, 0.3) is 0 Å². The molecule has 0 saturated carbocycles. The van der Waals surface area contributed by atoms with Gasteiger partial charge in [0.2, 0.25) is 11.4 Å². The quantitative estimate of drug-likeness (QED) is 0.858. The lowest BCUT2D eigenvalue weighted by Gasteiger charge is -2.37. The third kappa shape index (κ3) is 1.29. The highest BCUT2D eigenvalue weighted by atomic mass is 35.5.